The van der Waals surface area contributed by atoms with Gasteiger partial charge in [0.1, 0.15) is 0 Å². The minimum atomic E-state index is -4.41. The third-order valence-electron chi connectivity index (χ3n) is 2.96. The molecule has 0 radical (unpaired) electrons. The number of nitrogens with one attached hydrogen (secondary N) is 1. The minimum Gasteiger partial charge on any atom is -0.379 e. The summed E-state index contributed by atoms with van der Waals surface area (Å²) < 4.78 is 40.1. The molecule has 2 rings (SSSR count). The molecule has 7 heteroatoms. The minimum absolute atomic E-state index is 0.0504. The fourth-order valence-corrected chi connectivity index (χ4v) is 2.22. The molecular weight excluding hydrogens is 303 g/mol. The Balaban J connectivity index is 2.13. The summed E-state index contributed by atoms with van der Waals surface area (Å²) in [5.74, 6) is 0. The Morgan fingerprint density at radius 3 is 2.71 bits per heavy atom. The highest BCUT2D eigenvalue weighted by molar-refractivity contribution is 6.30. The van der Waals surface area contributed by atoms with Crippen LogP contribution in [0, 0.1) is 0 Å². The molecule has 0 aliphatic rings. The molecule has 0 aliphatic carbocycles. The lowest BCUT2D eigenvalue weighted by Crippen LogP contribution is -2.09. The summed E-state index contributed by atoms with van der Waals surface area (Å²) in [5, 5.41) is 3.00. The van der Waals surface area contributed by atoms with Gasteiger partial charge in [0.05, 0.1) is 24.1 Å². The first-order valence-corrected chi connectivity index (χ1v) is 6.88. The summed E-state index contributed by atoms with van der Waals surface area (Å²) in [5.41, 5.74) is 0.476. The number of hydrogen-bond acceptors (Lipinski definition) is 2. The summed E-state index contributed by atoms with van der Waals surface area (Å²) >= 11 is 5.74. The molecular formula is C14H15ClF3N3. The van der Waals surface area contributed by atoms with Crippen LogP contribution < -0.4 is 5.32 Å². The summed E-state index contributed by atoms with van der Waals surface area (Å²) in [4.78, 5) is 4.04. The van der Waals surface area contributed by atoms with E-state index in [-0.39, 0.29) is 5.02 Å². The first-order valence-electron chi connectivity index (χ1n) is 6.51. The second-order valence-corrected chi connectivity index (χ2v) is 5.09. The normalized spacial score (nSPS) is 11.7. The van der Waals surface area contributed by atoms with E-state index in [4.69, 9.17) is 11.6 Å². The third-order valence-corrected chi connectivity index (χ3v) is 3.18. The predicted octanol–water partition coefficient (Wildman–Crippen LogP) is 4.58. The Morgan fingerprint density at radius 2 is 2.05 bits per heavy atom. The van der Waals surface area contributed by atoms with E-state index in [1.165, 1.54) is 6.07 Å². The fourth-order valence-electron chi connectivity index (χ4n) is 1.99. The Kier molecular flexibility index (Phi) is 4.77. The molecule has 0 bridgehead atoms. The van der Waals surface area contributed by atoms with Crippen LogP contribution in [0.15, 0.2) is 30.7 Å². The Hall–Kier alpha value is -1.69. The Labute approximate surface area is 125 Å². The molecule has 0 unspecified atom stereocenters. The second kappa shape index (κ2) is 6.39. The van der Waals surface area contributed by atoms with Crippen molar-refractivity contribution in [3.8, 4) is 0 Å². The molecule has 0 saturated carbocycles. The quantitative estimate of drug-likeness (QED) is 0.875. The van der Waals surface area contributed by atoms with Crippen LogP contribution in [0.4, 0.5) is 18.9 Å². The number of benzene rings is 1. The van der Waals surface area contributed by atoms with E-state index in [0.29, 0.717) is 12.2 Å². The van der Waals surface area contributed by atoms with Crippen molar-refractivity contribution in [1.29, 1.82) is 0 Å². The zero-order valence-corrected chi connectivity index (χ0v) is 12.2. The molecule has 0 fully saturated rings. The maximum Gasteiger partial charge on any atom is 0.416 e. The number of anilines is 1. The zero-order valence-electron chi connectivity index (χ0n) is 11.4. The van der Waals surface area contributed by atoms with E-state index < -0.39 is 11.7 Å². The number of alkyl halides is 3. The van der Waals surface area contributed by atoms with Gasteiger partial charge in [0.2, 0.25) is 0 Å². The number of aromatic nitrogens is 2. The molecule has 2 aromatic rings. The van der Waals surface area contributed by atoms with Crippen LogP contribution >= 0.6 is 11.6 Å². The van der Waals surface area contributed by atoms with Crippen molar-refractivity contribution < 1.29 is 13.2 Å². The van der Waals surface area contributed by atoms with Gasteiger partial charge in [-0.25, -0.2) is 4.98 Å². The first-order chi connectivity index (χ1) is 9.90. The first kappa shape index (κ1) is 15.7. The molecule has 0 atom stereocenters. The number of rotatable bonds is 5. The lowest BCUT2D eigenvalue weighted by Gasteiger charge is -2.12. The van der Waals surface area contributed by atoms with E-state index in [1.54, 1.807) is 12.5 Å². The summed E-state index contributed by atoms with van der Waals surface area (Å²) in [7, 11) is 0. The summed E-state index contributed by atoms with van der Waals surface area (Å²) in [6.45, 7) is 3.25. The maximum atomic E-state index is 12.7. The van der Waals surface area contributed by atoms with E-state index >= 15 is 0 Å². The van der Waals surface area contributed by atoms with Crippen LogP contribution in [0.2, 0.25) is 5.02 Å². The van der Waals surface area contributed by atoms with Crippen LogP contribution in [-0.4, -0.2) is 9.55 Å². The van der Waals surface area contributed by atoms with Crippen LogP contribution in [-0.2, 0) is 19.3 Å². The van der Waals surface area contributed by atoms with Gasteiger partial charge in [0.25, 0.3) is 0 Å². The molecule has 0 aliphatic heterocycles. The summed E-state index contributed by atoms with van der Waals surface area (Å²) in [6.07, 6.45) is -0.0540. The lowest BCUT2D eigenvalue weighted by molar-refractivity contribution is -0.137. The van der Waals surface area contributed by atoms with Crippen LogP contribution in [0.5, 0.6) is 0 Å². The van der Waals surface area contributed by atoms with Gasteiger partial charge in [-0.3, -0.25) is 0 Å². The largest absolute Gasteiger partial charge is 0.416 e. The Bertz CT molecular complexity index is 608. The van der Waals surface area contributed by atoms with Crippen molar-refractivity contribution in [2.75, 3.05) is 5.32 Å². The molecule has 1 aromatic heterocycles. The smallest absolute Gasteiger partial charge is 0.379 e. The predicted molar refractivity (Wildman–Crippen MR) is 76.3 cm³/mol. The monoisotopic (exact) mass is 317 g/mol. The molecule has 1 heterocycles. The maximum absolute atomic E-state index is 12.7. The van der Waals surface area contributed by atoms with Crippen molar-refractivity contribution in [2.45, 2.75) is 32.6 Å². The molecule has 0 spiro atoms. The van der Waals surface area contributed by atoms with Crippen molar-refractivity contribution >= 4 is 17.3 Å². The second-order valence-electron chi connectivity index (χ2n) is 4.66. The van der Waals surface area contributed by atoms with Crippen molar-refractivity contribution in [1.82, 2.24) is 9.55 Å². The van der Waals surface area contributed by atoms with Crippen molar-refractivity contribution in [3.05, 3.63) is 47.0 Å². The molecule has 1 N–H and O–H groups in total. The van der Waals surface area contributed by atoms with Gasteiger partial charge < -0.3 is 9.88 Å². The van der Waals surface area contributed by atoms with Crippen molar-refractivity contribution in [3.63, 3.8) is 0 Å². The molecule has 3 nitrogen and oxygen atoms in total. The SMILES string of the molecule is CCCn1cncc1CNc1cc(Cl)cc(C(F)(F)F)c1. The van der Waals surface area contributed by atoms with Gasteiger partial charge in [-0.15, -0.1) is 0 Å². The average Bonchev–Trinajstić information content (AvgIpc) is 2.83. The molecule has 0 amide bonds. The van der Waals surface area contributed by atoms with E-state index in [1.807, 2.05) is 11.5 Å². The number of halogens is 4. The van der Waals surface area contributed by atoms with Crippen LogP contribution in [0.25, 0.3) is 0 Å². The standard InChI is InChI=1S/C14H15ClF3N3/c1-2-3-21-9-19-7-13(21)8-20-12-5-10(14(16,17)18)4-11(15)6-12/h4-7,9,20H,2-3,8H2,1H3. The summed E-state index contributed by atoms with van der Waals surface area (Å²) in [6, 6.07) is 3.43. The molecule has 0 saturated heterocycles. The van der Waals surface area contributed by atoms with Crippen LogP contribution in [0.1, 0.15) is 24.6 Å². The number of hydrogen-bond donors (Lipinski definition) is 1. The molecule has 1 aromatic carbocycles. The number of nitrogens with zero attached hydrogens (tertiary/aromatic N) is 2. The Morgan fingerprint density at radius 1 is 1.29 bits per heavy atom. The van der Waals surface area contributed by atoms with E-state index in [9.17, 15) is 13.2 Å². The van der Waals surface area contributed by atoms with E-state index in [2.05, 4.69) is 10.3 Å². The zero-order chi connectivity index (χ0) is 15.5. The fraction of sp³-hybridized carbons (Fsp3) is 0.357. The van der Waals surface area contributed by atoms with Gasteiger partial charge in [0.15, 0.2) is 0 Å². The highest BCUT2D eigenvalue weighted by Gasteiger charge is 2.31. The van der Waals surface area contributed by atoms with Crippen molar-refractivity contribution in [2.24, 2.45) is 0 Å². The van der Waals surface area contributed by atoms with Gasteiger partial charge >= 0.3 is 6.18 Å². The molecule has 21 heavy (non-hydrogen) atoms. The highest BCUT2D eigenvalue weighted by atomic mass is 35.5. The average molecular weight is 318 g/mol. The highest BCUT2D eigenvalue weighted by Crippen LogP contribution is 2.33. The van der Waals surface area contributed by atoms with E-state index in [0.717, 1.165) is 30.8 Å². The van der Waals surface area contributed by atoms with Gasteiger partial charge in [-0.1, -0.05) is 18.5 Å². The third kappa shape index (κ3) is 4.14. The number of aryl methyl sites for hydroxylation is 1. The topological polar surface area (TPSA) is 29.9 Å². The lowest BCUT2D eigenvalue weighted by atomic mass is 10.2. The van der Waals surface area contributed by atoms with Gasteiger partial charge in [-0.05, 0) is 24.6 Å². The number of imidazole rings is 1. The molecule has 114 valence electrons. The van der Waals surface area contributed by atoms with Crippen LogP contribution in [0.3, 0.4) is 0 Å². The van der Waals surface area contributed by atoms with Gasteiger partial charge in [0, 0.05) is 23.5 Å². The van der Waals surface area contributed by atoms with Gasteiger partial charge in [-0.2, -0.15) is 13.2 Å².